The van der Waals surface area contributed by atoms with Gasteiger partial charge in [-0.3, -0.25) is 0 Å². The number of hydrogen-bond donors (Lipinski definition) is 1. The lowest BCUT2D eigenvalue weighted by Crippen LogP contribution is -2.14. The van der Waals surface area contributed by atoms with E-state index >= 15 is 0 Å². The van der Waals surface area contributed by atoms with Crippen LogP contribution in [0.3, 0.4) is 0 Å². The second-order valence-electron chi connectivity index (χ2n) is 3.24. The molecule has 6 heteroatoms. The maximum absolute atomic E-state index is 13.0. The fourth-order valence-electron chi connectivity index (χ4n) is 1.60. The average Bonchev–Trinajstić information content (AvgIpc) is 2.83. The third kappa shape index (κ3) is 1.27. The lowest BCUT2D eigenvalue weighted by Gasteiger charge is -1.96. The summed E-state index contributed by atoms with van der Waals surface area (Å²) in [5.41, 5.74) is 0.789. The van der Waals surface area contributed by atoms with Gasteiger partial charge in [0.1, 0.15) is 5.82 Å². The fourth-order valence-corrected chi connectivity index (χ4v) is 2.25. The Kier molecular flexibility index (Phi) is 1.90. The largest absolute Gasteiger partial charge is 0.332 e. The highest BCUT2D eigenvalue weighted by Gasteiger charge is 2.10. The van der Waals surface area contributed by atoms with E-state index in [9.17, 15) is 9.18 Å². The standard InChI is InChI=1S/C10H6FN3OS/c11-6-1-2-8-7(5-6)13-9(15)14(8)10-12-3-4-16-10/h1-5H,(H,13,15). The predicted molar refractivity (Wildman–Crippen MR) is 59.5 cm³/mol. The third-order valence-electron chi connectivity index (χ3n) is 2.25. The number of aromatic amines is 1. The Balaban J connectivity index is 2.41. The number of thiazole rings is 1. The van der Waals surface area contributed by atoms with Gasteiger partial charge in [0.2, 0.25) is 0 Å². The molecular formula is C10H6FN3OS. The maximum atomic E-state index is 13.0. The lowest BCUT2D eigenvalue weighted by molar-refractivity contribution is 0.629. The number of halogens is 1. The van der Waals surface area contributed by atoms with Crippen molar-refractivity contribution in [1.29, 1.82) is 0 Å². The number of nitrogens with zero attached hydrogens (tertiary/aromatic N) is 2. The highest BCUT2D eigenvalue weighted by Crippen LogP contribution is 2.17. The van der Waals surface area contributed by atoms with E-state index in [4.69, 9.17) is 0 Å². The van der Waals surface area contributed by atoms with Gasteiger partial charge in [0.05, 0.1) is 11.0 Å². The molecule has 3 rings (SSSR count). The van der Waals surface area contributed by atoms with Gasteiger partial charge < -0.3 is 4.98 Å². The van der Waals surface area contributed by atoms with E-state index in [1.807, 2.05) is 0 Å². The van der Waals surface area contributed by atoms with Gasteiger partial charge in [0, 0.05) is 11.6 Å². The van der Waals surface area contributed by atoms with Crippen molar-refractivity contribution in [2.45, 2.75) is 0 Å². The Morgan fingerprint density at radius 2 is 2.31 bits per heavy atom. The van der Waals surface area contributed by atoms with Crippen molar-refractivity contribution in [1.82, 2.24) is 14.5 Å². The van der Waals surface area contributed by atoms with Crippen LogP contribution in [0.25, 0.3) is 16.2 Å². The van der Waals surface area contributed by atoms with Crippen molar-refractivity contribution in [3.63, 3.8) is 0 Å². The van der Waals surface area contributed by atoms with E-state index in [1.54, 1.807) is 17.6 Å². The summed E-state index contributed by atoms with van der Waals surface area (Å²) >= 11 is 1.35. The summed E-state index contributed by atoms with van der Waals surface area (Å²) < 4.78 is 14.4. The summed E-state index contributed by atoms with van der Waals surface area (Å²) in [6.45, 7) is 0. The molecule has 1 aromatic carbocycles. The molecule has 0 radical (unpaired) electrons. The molecule has 0 aliphatic heterocycles. The van der Waals surface area contributed by atoms with Crippen LogP contribution in [-0.4, -0.2) is 14.5 Å². The number of H-pyrrole nitrogens is 1. The molecule has 16 heavy (non-hydrogen) atoms. The minimum absolute atomic E-state index is 0.310. The Labute approximate surface area is 93.0 Å². The van der Waals surface area contributed by atoms with Gasteiger partial charge in [0.15, 0.2) is 5.13 Å². The molecule has 2 heterocycles. The topological polar surface area (TPSA) is 50.7 Å². The van der Waals surface area contributed by atoms with Crippen molar-refractivity contribution >= 4 is 22.4 Å². The van der Waals surface area contributed by atoms with E-state index in [0.717, 1.165) is 0 Å². The highest BCUT2D eigenvalue weighted by atomic mass is 32.1. The van der Waals surface area contributed by atoms with Crippen LogP contribution in [0, 0.1) is 5.82 Å². The molecule has 80 valence electrons. The first-order chi connectivity index (χ1) is 7.75. The maximum Gasteiger partial charge on any atom is 0.332 e. The summed E-state index contributed by atoms with van der Waals surface area (Å²) in [4.78, 5) is 18.4. The molecule has 3 aromatic rings. The van der Waals surface area contributed by atoms with E-state index in [-0.39, 0.29) is 11.5 Å². The molecule has 1 N–H and O–H groups in total. The van der Waals surface area contributed by atoms with Crippen molar-refractivity contribution in [3.05, 3.63) is 46.1 Å². The Morgan fingerprint density at radius 1 is 1.44 bits per heavy atom. The molecule has 0 unspecified atom stereocenters. The number of aromatic nitrogens is 3. The van der Waals surface area contributed by atoms with Crippen molar-refractivity contribution < 1.29 is 4.39 Å². The number of hydrogen-bond acceptors (Lipinski definition) is 3. The normalized spacial score (nSPS) is 11.1. The van der Waals surface area contributed by atoms with E-state index in [0.29, 0.717) is 16.2 Å². The van der Waals surface area contributed by atoms with Crippen LogP contribution in [-0.2, 0) is 0 Å². The molecule has 0 fully saturated rings. The summed E-state index contributed by atoms with van der Waals surface area (Å²) in [6, 6.07) is 4.17. The summed E-state index contributed by atoms with van der Waals surface area (Å²) in [5.74, 6) is -0.375. The molecule has 0 atom stereocenters. The molecule has 2 aromatic heterocycles. The van der Waals surface area contributed by atoms with Gasteiger partial charge in [-0.2, -0.15) is 0 Å². The van der Waals surface area contributed by atoms with Crippen LogP contribution >= 0.6 is 11.3 Å². The molecule has 0 aliphatic rings. The number of imidazole rings is 1. The Hall–Kier alpha value is -1.95. The van der Waals surface area contributed by atoms with Crippen molar-refractivity contribution in [3.8, 4) is 5.13 Å². The smallest absolute Gasteiger partial charge is 0.305 e. The second-order valence-corrected chi connectivity index (χ2v) is 4.11. The van der Waals surface area contributed by atoms with Gasteiger partial charge in [-0.1, -0.05) is 0 Å². The van der Waals surface area contributed by atoms with Gasteiger partial charge in [-0.15, -0.1) is 11.3 Å². The zero-order valence-corrected chi connectivity index (χ0v) is 8.79. The number of fused-ring (bicyclic) bond motifs is 1. The Bertz CT molecular complexity index is 698. The van der Waals surface area contributed by atoms with E-state index in [1.165, 1.54) is 28.0 Å². The molecule has 0 saturated heterocycles. The van der Waals surface area contributed by atoms with Crippen LogP contribution in [0.2, 0.25) is 0 Å². The molecule has 0 amide bonds. The molecule has 0 bridgehead atoms. The number of benzene rings is 1. The first-order valence-electron chi connectivity index (χ1n) is 4.56. The quantitative estimate of drug-likeness (QED) is 0.700. The van der Waals surface area contributed by atoms with Crippen LogP contribution in [0.5, 0.6) is 0 Å². The predicted octanol–water partition coefficient (Wildman–Crippen LogP) is 1.91. The first kappa shape index (κ1) is 9.29. The molecule has 0 aliphatic carbocycles. The second kappa shape index (κ2) is 3.28. The average molecular weight is 235 g/mol. The molecule has 4 nitrogen and oxygen atoms in total. The molecular weight excluding hydrogens is 229 g/mol. The lowest BCUT2D eigenvalue weighted by atomic mass is 10.3. The van der Waals surface area contributed by atoms with Crippen LogP contribution in [0.1, 0.15) is 0 Å². The summed E-state index contributed by atoms with van der Waals surface area (Å²) in [7, 11) is 0. The summed E-state index contributed by atoms with van der Waals surface area (Å²) in [5, 5.41) is 2.35. The van der Waals surface area contributed by atoms with Crippen LogP contribution in [0.4, 0.5) is 4.39 Å². The minimum Gasteiger partial charge on any atom is -0.305 e. The van der Waals surface area contributed by atoms with Gasteiger partial charge in [0.25, 0.3) is 0 Å². The minimum atomic E-state index is -0.375. The van der Waals surface area contributed by atoms with Gasteiger partial charge >= 0.3 is 5.69 Å². The number of rotatable bonds is 1. The Morgan fingerprint density at radius 3 is 3.06 bits per heavy atom. The monoisotopic (exact) mass is 235 g/mol. The molecule has 0 spiro atoms. The fraction of sp³-hybridized carbons (Fsp3) is 0. The number of nitrogens with one attached hydrogen (secondary N) is 1. The van der Waals surface area contributed by atoms with Gasteiger partial charge in [-0.05, 0) is 18.2 Å². The molecule has 0 saturated carbocycles. The van der Waals surface area contributed by atoms with E-state index in [2.05, 4.69) is 9.97 Å². The highest BCUT2D eigenvalue weighted by molar-refractivity contribution is 7.12. The zero-order chi connectivity index (χ0) is 11.1. The first-order valence-corrected chi connectivity index (χ1v) is 5.44. The van der Waals surface area contributed by atoms with Crippen LogP contribution < -0.4 is 5.69 Å². The van der Waals surface area contributed by atoms with Crippen LogP contribution in [0.15, 0.2) is 34.6 Å². The zero-order valence-electron chi connectivity index (χ0n) is 7.98. The summed E-state index contributed by atoms with van der Waals surface area (Å²) in [6.07, 6.45) is 1.62. The van der Waals surface area contributed by atoms with Crippen molar-refractivity contribution in [2.75, 3.05) is 0 Å². The van der Waals surface area contributed by atoms with Crippen molar-refractivity contribution in [2.24, 2.45) is 0 Å². The van der Waals surface area contributed by atoms with E-state index < -0.39 is 0 Å². The third-order valence-corrected chi connectivity index (χ3v) is 3.01. The SMILES string of the molecule is O=c1[nH]c2cc(F)ccc2n1-c1nccs1. The van der Waals surface area contributed by atoms with Gasteiger partial charge in [-0.25, -0.2) is 18.7 Å².